The molecule has 0 aliphatic rings. The minimum Gasteiger partial charge on any atom is -0.497 e. The van der Waals surface area contributed by atoms with Gasteiger partial charge < -0.3 is 19.5 Å². The summed E-state index contributed by atoms with van der Waals surface area (Å²) in [5.41, 5.74) is 2.95. The van der Waals surface area contributed by atoms with Gasteiger partial charge in [-0.25, -0.2) is 0 Å². The van der Waals surface area contributed by atoms with Crippen LogP contribution >= 0.6 is 0 Å². The molecule has 0 atom stereocenters. The van der Waals surface area contributed by atoms with Crippen LogP contribution in [0.3, 0.4) is 0 Å². The lowest BCUT2D eigenvalue weighted by atomic mass is 10.0. The van der Waals surface area contributed by atoms with Crippen molar-refractivity contribution in [3.8, 4) is 34.4 Å². The third-order valence-corrected chi connectivity index (χ3v) is 4.24. The molecule has 0 aliphatic carbocycles. The van der Waals surface area contributed by atoms with Crippen molar-refractivity contribution < 1.29 is 19.0 Å². The van der Waals surface area contributed by atoms with Crippen LogP contribution < -0.4 is 19.5 Å². The van der Waals surface area contributed by atoms with E-state index in [1.165, 1.54) is 0 Å². The molecule has 6 heteroatoms. The van der Waals surface area contributed by atoms with Gasteiger partial charge in [0.05, 0.1) is 25.9 Å². The van der Waals surface area contributed by atoms with Crippen molar-refractivity contribution in [2.45, 2.75) is 0 Å². The Morgan fingerprint density at radius 1 is 0.931 bits per heavy atom. The third kappa shape index (κ3) is 5.05. The first kappa shape index (κ1) is 19.8. The first-order valence-corrected chi connectivity index (χ1v) is 8.88. The Balaban J connectivity index is 1.69. The summed E-state index contributed by atoms with van der Waals surface area (Å²) in [6.07, 6.45) is 0. The lowest BCUT2D eigenvalue weighted by molar-refractivity contribution is -0.118. The highest BCUT2D eigenvalue weighted by Crippen LogP contribution is 2.33. The minimum absolute atomic E-state index is 0.143. The number of nitriles is 1. The molecule has 0 fully saturated rings. The molecule has 0 saturated heterocycles. The van der Waals surface area contributed by atoms with Crippen LogP contribution in [-0.4, -0.2) is 26.7 Å². The smallest absolute Gasteiger partial charge is 0.262 e. The van der Waals surface area contributed by atoms with Crippen LogP contribution in [0.4, 0.5) is 5.69 Å². The highest BCUT2D eigenvalue weighted by atomic mass is 16.5. The summed E-state index contributed by atoms with van der Waals surface area (Å²) in [4.78, 5) is 12.3. The Hall–Kier alpha value is -3.98. The van der Waals surface area contributed by atoms with E-state index >= 15 is 0 Å². The van der Waals surface area contributed by atoms with Crippen molar-refractivity contribution in [3.05, 3.63) is 72.3 Å². The van der Waals surface area contributed by atoms with Crippen LogP contribution in [0.15, 0.2) is 66.7 Å². The summed E-state index contributed by atoms with van der Waals surface area (Å²) in [7, 11) is 3.22. The number of benzene rings is 3. The number of carbonyl (C=O) groups is 1. The number of methoxy groups -OCH3 is 2. The van der Waals surface area contributed by atoms with Gasteiger partial charge in [-0.1, -0.05) is 12.1 Å². The maximum atomic E-state index is 12.3. The average Bonchev–Trinajstić information content (AvgIpc) is 2.78. The standard InChI is InChI=1S/C23H20N2O4/c1-27-19-10-5-17(6-11-19)21-13-18(7-12-22(21)28-2)25-23(26)15-29-20-8-3-16(14-24)4-9-20/h3-13H,15H2,1-2H3,(H,25,26). The molecule has 0 aromatic heterocycles. The zero-order valence-corrected chi connectivity index (χ0v) is 16.1. The van der Waals surface area contributed by atoms with Crippen LogP contribution in [0, 0.1) is 11.3 Å². The molecule has 0 unspecified atom stereocenters. The topological polar surface area (TPSA) is 80.6 Å². The van der Waals surface area contributed by atoms with Gasteiger partial charge in [0.15, 0.2) is 6.61 Å². The molecule has 0 spiro atoms. The predicted octanol–water partition coefficient (Wildman–Crippen LogP) is 4.26. The molecule has 29 heavy (non-hydrogen) atoms. The fourth-order valence-electron chi connectivity index (χ4n) is 2.75. The van der Waals surface area contributed by atoms with Gasteiger partial charge in [0.1, 0.15) is 17.2 Å². The number of nitrogens with zero attached hydrogens (tertiary/aromatic N) is 1. The van der Waals surface area contributed by atoms with Crippen molar-refractivity contribution >= 4 is 11.6 Å². The first-order chi connectivity index (χ1) is 14.1. The fourth-order valence-corrected chi connectivity index (χ4v) is 2.75. The number of anilines is 1. The van der Waals surface area contributed by atoms with E-state index < -0.39 is 0 Å². The van der Waals surface area contributed by atoms with Gasteiger partial charge in [0, 0.05) is 11.3 Å². The summed E-state index contributed by atoms with van der Waals surface area (Å²) >= 11 is 0. The summed E-state index contributed by atoms with van der Waals surface area (Å²) in [6.45, 7) is -0.143. The maximum absolute atomic E-state index is 12.3. The number of hydrogen-bond acceptors (Lipinski definition) is 5. The number of rotatable bonds is 7. The van der Waals surface area contributed by atoms with Crippen LogP contribution in [0.1, 0.15) is 5.56 Å². The molecule has 6 nitrogen and oxygen atoms in total. The lowest BCUT2D eigenvalue weighted by Crippen LogP contribution is -2.20. The molecule has 3 rings (SSSR count). The van der Waals surface area contributed by atoms with Crippen molar-refractivity contribution in [3.63, 3.8) is 0 Å². The monoisotopic (exact) mass is 388 g/mol. The van der Waals surface area contributed by atoms with Gasteiger partial charge in [-0.3, -0.25) is 4.79 Å². The predicted molar refractivity (Wildman–Crippen MR) is 110 cm³/mol. The van der Waals surface area contributed by atoms with Crippen molar-refractivity contribution in [1.82, 2.24) is 0 Å². The second-order valence-electron chi connectivity index (χ2n) is 6.12. The molecule has 3 aromatic rings. The number of nitrogens with one attached hydrogen (secondary N) is 1. The first-order valence-electron chi connectivity index (χ1n) is 8.88. The number of amides is 1. The molecule has 146 valence electrons. The summed E-state index contributed by atoms with van der Waals surface area (Å²) in [6, 6.07) is 21.6. The Bertz CT molecular complexity index is 1020. The van der Waals surface area contributed by atoms with Crippen LogP contribution in [0.25, 0.3) is 11.1 Å². The summed E-state index contributed by atoms with van der Waals surface area (Å²) < 4.78 is 16.1. The second kappa shape index (κ2) is 9.29. The molecule has 1 N–H and O–H groups in total. The Kier molecular flexibility index (Phi) is 6.33. The molecule has 1 amide bonds. The van der Waals surface area contributed by atoms with E-state index in [-0.39, 0.29) is 12.5 Å². The minimum atomic E-state index is -0.291. The van der Waals surface area contributed by atoms with E-state index in [0.717, 1.165) is 16.9 Å². The molecular weight excluding hydrogens is 368 g/mol. The molecule has 0 aliphatic heterocycles. The van der Waals surface area contributed by atoms with Crippen molar-refractivity contribution in [2.24, 2.45) is 0 Å². The zero-order chi connectivity index (χ0) is 20.6. The molecule has 0 heterocycles. The van der Waals surface area contributed by atoms with Crippen LogP contribution in [0.2, 0.25) is 0 Å². The van der Waals surface area contributed by atoms with E-state index in [2.05, 4.69) is 5.32 Å². The highest BCUT2D eigenvalue weighted by molar-refractivity contribution is 5.93. The van der Waals surface area contributed by atoms with Gasteiger partial charge in [0.2, 0.25) is 0 Å². The van der Waals surface area contributed by atoms with E-state index in [1.54, 1.807) is 50.6 Å². The molecule has 0 saturated carbocycles. The average molecular weight is 388 g/mol. The number of carbonyl (C=O) groups excluding carboxylic acids is 1. The normalized spacial score (nSPS) is 9.97. The molecule has 3 aromatic carbocycles. The molecule has 0 bridgehead atoms. The molecular formula is C23H20N2O4. The fraction of sp³-hybridized carbons (Fsp3) is 0.130. The highest BCUT2D eigenvalue weighted by Gasteiger charge is 2.10. The van der Waals surface area contributed by atoms with Crippen LogP contribution in [-0.2, 0) is 4.79 Å². The zero-order valence-electron chi connectivity index (χ0n) is 16.1. The summed E-state index contributed by atoms with van der Waals surface area (Å²) in [5.74, 6) is 1.69. The quantitative estimate of drug-likeness (QED) is 0.654. The lowest BCUT2D eigenvalue weighted by Gasteiger charge is -2.13. The van der Waals surface area contributed by atoms with E-state index in [1.807, 2.05) is 36.4 Å². The van der Waals surface area contributed by atoms with E-state index in [9.17, 15) is 4.79 Å². The SMILES string of the molecule is COc1ccc(-c2cc(NC(=O)COc3ccc(C#N)cc3)ccc2OC)cc1. The maximum Gasteiger partial charge on any atom is 0.262 e. The van der Waals surface area contributed by atoms with Gasteiger partial charge in [0.25, 0.3) is 5.91 Å². The van der Waals surface area contributed by atoms with Gasteiger partial charge in [-0.2, -0.15) is 5.26 Å². The Morgan fingerprint density at radius 2 is 1.62 bits per heavy atom. The summed E-state index contributed by atoms with van der Waals surface area (Å²) in [5, 5.41) is 11.6. The van der Waals surface area contributed by atoms with Gasteiger partial charge in [-0.05, 0) is 60.2 Å². The van der Waals surface area contributed by atoms with Crippen molar-refractivity contribution in [1.29, 1.82) is 5.26 Å². The van der Waals surface area contributed by atoms with Gasteiger partial charge >= 0.3 is 0 Å². The Morgan fingerprint density at radius 3 is 2.24 bits per heavy atom. The van der Waals surface area contributed by atoms with Gasteiger partial charge in [-0.15, -0.1) is 0 Å². The third-order valence-electron chi connectivity index (χ3n) is 4.24. The molecule has 0 radical (unpaired) electrons. The van der Waals surface area contributed by atoms with Crippen molar-refractivity contribution in [2.75, 3.05) is 26.1 Å². The Labute approximate surface area is 169 Å². The number of hydrogen-bond donors (Lipinski definition) is 1. The second-order valence-corrected chi connectivity index (χ2v) is 6.12. The van der Waals surface area contributed by atoms with Crippen LogP contribution in [0.5, 0.6) is 17.2 Å². The largest absolute Gasteiger partial charge is 0.497 e. The van der Waals surface area contributed by atoms with E-state index in [4.69, 9.17) is 19.5 Å². The van der Waals surface area contributed by atoms with E-state index in [0.29, 0.717) is 22.7 Å². The number of ether oxygens (including phenoxy) is 3.